The van der Waals surface area contributed by atoms with Gasteiger partial charge in [0.25, 0.3) is 0 Å². The smallest absolute Gasteiger partial charge is 0.0734 e. The summed E-state index contributed by atoms with van der Waals surface area (Å²) in [5, 5.41) is 0. The molecule has 0 atom stereocenters. The fourth-order valence-corrected chi connectivity index (χ4v) is 1.94. The van der Waals surface area contributed by atoms with Crippen LogP contribution in [0.5, 0.6) is 0 Å². The molecule has 0 bridgehead atoms. The molecule has 1 aromatic carbocycles. The quantitative estimate of drug-likeness (QED) is 0.734. The summed E-state index contributed by atoms with van der Waals surface area (Å²) in [6.45, 7) is 8.57. The van der Waals surface area contributed by atoms with E-state index in [2.05, 4.69) is 62.2 Å². The first-order valence-corrected chi connectivity index (χ1v) is 6.12. The van der Waals surface area contributed by atoms with Gasteiger partial charge in [0.2, 0.25) is 0 Å². The second-order valence-electron chi connectivity index (χ2n) is 4.89. The molecule has 1 aromatic heterocycles. The predicted octanol–water partition coefficient (Wildman–Crippen LogP) is 4.49. The summed E-state index contributed by atoms with van der Waals surface area (Å²) in [6.07, 6.45) is 0. The summed E-state index contributed by atoms with van der Waals surface area (Å²) >= 11 is 0. The molecule has 17 heavy (non-hydrogen) atoms. The van der Waals surface area contributed by atoms with E-state index >= 15 is 0 Å². The van der Waals surface area contributed by atoms with Gasteiger partial charge in [0, 0.05) is 11.3 Å². The normalized spacial score (nSPS) is 10.9. The van der Waals surface area contributed by atoms with Crippen molar-refractivity contribution >= 4 is 0 Å². The van der Waals surface area contributed by atoms with E-state index in [1.165, 1.54) is 16.7 Å². The van der Waals surface area contributed by atoms with Crippen LogP contribution >= 0.6 is 0 Å². The van der Waals surface area contributed by atoms with E-state index in [9.17, 15) is 0 Å². The Labute approximate surface area is 104 Å². The highest BCUT2D eigenvalue weighted by Crippen LogP contribution is 2.23. The van der Waals surface area contributed by atoms with E-state index in [1.54, 1.807) is 0 Å². The van der Waals surface area contributed by atoms with Crippen molar-refractivity contribution in [2.75, 3.05) is 0 Å². The monoisotopic (exact) mass is 225 g/mol. The number of aryl methyl sites for hydroxylation is 2. The zero-order valence-electron chi connectivity index (χ0n) is 11.0. The van der Waals surface area contributed by atoms with Gasteiger partial charge >= 0.3 is 0 Å². The summed E-state index contributed by atoms with van der Waals surface area (Å²) in [7, 11) is 0. The largest absolute Gasteiger partial charge is 0.253 e. The van der Waals surface area contributed by atoms with Crippen molar-refractivity contribution in [3.8, 4) is 11.3 Å². The molecular weight excluding hydrogens is 206 g/mol. The van der Waals surface area contributed by atoms with Gasteiger partial charge in [-0.25, -0.2) is 0 Å². The van der Waals surface area contributed by atoms with Crippen molar-refractivity contribution in [2.45, 2.75) is 33.6 Å². The molecule has 0 saturated heterocycles. The summed E-state index contributed by atoms with van der Waals surface area (Å²) in [5.74, 6) is 0.579. The lowest BCUT2D eigenvalue weighted by Gasteiger charge is -2.09. The summed E-state index contributed by atoms with van der Waals surface area (Å²) < 4.78 is 0. The molecule has 0 aliphatic rings. The lowest BCUT2D eigenvalue weighted by molar-refractivity contribution is 0.867. The third-order valence-corrected chi connectivity index (χ3v) is 3.09. The molecular formula is C16H19N. The molecule has 1 heteroatoms. The molecule has 0 saturated carbocycles. The van der Waals surface area contributed by atoms with Crippen molar-refractivity contribution in [1.29, 1.82) is 0 Å². The van der Waals surface area contributed by atoms with E-state index in [4.69, 9.17) is 0 Å². The van der Waals surface area contributed by atoms with Gasteiger partial charge in [0.05, 0.1) is 5.69 Å². The average molecular weight is 225 g/mol. The Morgan fingerprint density at radius 2 is 1.53 bits per heavy atom. The molecule has 2 aromatic rings. The van der Waals surface area contributed by atoms with Crippen molar-refractivity contribution in [3.05, 3.63) is 53.2 Å². The highest BCUT2D eigenvalue weighted by Gasteiger charge is 2.05. The Hall–Kier alpha value is -1.63. The maximum Gasteiger partial charge on any atom is 0.0734 e. The van der Waals surface area contributed by atoms with Crippen LogP contribution in [0.1, 0.15) is 36.6 Å². The molecule has 0 N–H and O–H groups in total. The molecule has 0 aliphatic heterocycles. The highest BCUT2D eigenvalue weighted by molar-refractivity contribution is 5.63. The van der Waals surface area contributed by atoms with Crippen LogP contribution < -0.4 is 0 Å². The van der Waals surface area contributed by atoms with Gasteiger partial charge in [-0.15, -0.1) is 0 Å². The van der Waals surface area contributed by atoms with Crippen LogP contribution in [0.25, 0.3) is 11.3 Å². The Bertz CT molecular complexity index is 510. The maximum atomic E-state index is 4.62. The van der Waals surface area contributed by atoms with E-state index < -0.39 is 0 Å². The first kappa shape index (κ1) is 11.8. The zero-order chi connectivity index (χ0) is 12.4. The minimum atomic E-state index is 0.579. The molecule has 0 aliphatic carbocycles. The number of benzene rings is 1. The molecule has 0 amide bonds. The Balaban J connectivity index is 2.43. The molecule has 1 heterocycles. The van der Waals surface area contributed by atoms with Crippen LogP contribution in [0.2, 0.25) is 0 Å². The van der Waals surface area contributed by atoms with Crippen LogP contribution in [0, 0.1) is 13.8 Å². The summed E-state index contributed by atoms with van der Waals surface area (Å²) in [5.41, 5.74) is 5.97. The Kier molecular flexibility index (Phi) is 3.28. The van der Waals surface area contributed by atoms with Crippen molar-refractivity contribution < 1.29 is 0 Å². The van der Waals surface area contributed by atoms with E-state index in [0.29, 0.717) is 5.92 Å². The molecule has 0 fully saturated rings. The maximum absolute atomic E-state index is 4.62. The van der Waals surface area contributed by atoms with Crippen LogP contribution in [0.15, 0.2) is 36.4 Å². The fraction of sp³-hybridized carbons (Fsp3) is 0.312. The van der Waals surface area contributed by atoms with Gasteiger partial charge in [-0.1, -0.05) is 44.2 Å². The van der Waals surface area contributed by atoms with Crippen LogP contribution in [-0.4, -0.2) is 4.98 Å². The lowest BCUT2D eigenvalue weighted by atomic mass is 9.99. The van der Waals surface area contributed by atoms with E-state index in [0.717, 1.165) is 11.4 Å². The average Bonchev–Trinajstić information content (AvgIpc) is 2.32. The minimum absolute atomic E-state index is 0.579. The number of pyridine rings is 1. The second kappa shape index (κ2) is 4.70. The number of nitrogens with zero attached hydrogens (tertiary/aromatic N) is 1. The lowest BCUT2D eigenvalue weighted by Crippen LogP contribution is -1.92. The molecule has 2 rings (SSSR count). The van der Waals surface area contributed by atoms with Gasteiger partial charge < -0.3 is 0 Å². The number of hydrogen-bond acceptors (Lipinski definition) is 1. The number of aromatic nitrogens is 1. The number of rotatable bonds is 2. The third kappa shape index (κ3) is 2.55. The number of hydrogen-bond donors (Lipinski definition) is 0. The minimum Gasteiger partial charge on any atom is -0.253 e. The van der Waals surface area contributed by atoms with Gasteiger partial charge in [-0.3, -0.25) is 4.98 Å². The van der Waals surface area contributed by atoms with Crippen LogP contribution in [0.3, 0.4) is 0 Å². The second-order valence-corrected chi connectivity index (χ2v) is 4.89. The molecule has 0 unspecified atom stereocenters. The van der Waals surface area contributed by atoms with Crippen molar-refractivity contribution in [1.82, 2.24) is 4.98 Å². The van der Waals surface area contributed by atoms with Gasteiger partial charge in [0.15, 0.2) is 0 Å². The molecule has 0 radical (unpaired) electrons. The zero-order valence-corrected chi connectivity index (χ0v) is 11.0. The van der Waals surface area contributed by atoms with Gasteiger partial charge in [-0.2, -0.15) is 0 Å². The van der Waals surface area contributed by atoms with Crippen LogP contribution in [0.4, 0.5) is 0 Å². The first-order valence-electron chi connectivity index (χ1n) is 6.12. The fourth-order valence-electron chi connectivity index (χ4n) is 1.94. The Morgan fingerprint density at radius 3 is 2.12 bits per heavy atom. The van der Waals surface area contributed by atoms with E-state index in [-0.39, 0.29) is 0 Å². The summed E-state index contributed by atoms with van der Waals surface area (Å²) in [6, 6.07) is 12.9. The third-order valence-electron chi connectivity index (χ3n) is 3.09. The van der Waals surface area contributed by atoms with E-state index in [1.807, 2.05) is 6.92 Å². The highest BCUT2D eigenvalue weighted by atomic mass is 14.7. The summed E-state index contributed by atoms with van der Waals surface area (Å²) in [4.78, 5) is 4.62. The Morgan fingerprint density at radius 1 is 0.882 bits per heavy atom. The van der Waals surface area contributed by atoms with Crippen LogP contribution in [-0.2, 0) is 0 Å². The van der Waals surface area contributed by atoms with Gasteiger partial charge in [0.1, 0.15) is 0 Å². The molecule has 1 nitrogen and oxygen atoms in total. The molecule has 0 spiro atoms. The first-order chi connectivity index (χ1) is 8.08. The topological polar surface area (TPSA) is 12.9 Å². The van der Waals surface area contributed by atoms with Gasteiger partial charge in [-0.05, 0) is 37.0 Å². The predicted molar refractivity (Wildman–Crippen MR) is 73.2 cm³/mol. The standard InChI is InChI=1S/C16H19N/c1-11(2)14-7-9-15(10-8-14)16-12(3)5-6-13(4)17-16/h5-11H,1-4H3. The van der Waals surface area contributed by atoms with Crippen molar-refractivity contribution in [2.24, 2.45) is 0 Å². The van der Waals surface area contributed by atoms with Crippen molar-refractivity contribution in [3.63, 3.8) is 0 Å². The molecule has 88 valence electrons. The SMILES string of the molecule is Cc1ccc(C)c(-c2ccc(C(C)C)cc2)n1.